The van der Waals surface area contributed by atoms with Gasteiger partial charge in [0.05, 0.1) is 12.1 Å². The molecule has 0 saturated carbocycles. The zero-order valence-electron chi connectivity index (χ0n) is 14.0. The van der Waals surface area contributed by atoms with Gasteiger partial charge in [-0.05, 0) is 19.3 Å². The Hall–Kier alpha value is -2.20. The van der Waals surface area contributed by atoms with Crippen LogP contribution >= 0.6 is 0 Å². The molecule has 4 atom stereocenters. The number of nitrogens with one attached hydrogen (secondary N) is 2. The van der Waals surface area contributed by atoms with E-state index in [-0.39, 0.29) is 18.8 Å². The Labute approximate surface area is 139 Å². The lowest BCUT2D eigenvalue weighted by Gasteiger charge is -2.24. The largest absolute Gasteiger partial charge is 0.480 e. The minimum atomic E-state index is -1.55. The number of aliphatic hydroxyl groups is 1. The van der Waals surface area contributed by atoms with Crippen LogP contribution in [0.3, 0.4) is 0 Å². The first-order valence-electron chi connectivity index (χ1n) is 7.52. The number of aliphatic hydroxyl groups excluding tert-OH is 1. The van der Waals surface area contributed by atoms with Gasteiger partial charge in [0, 0.05) is 6.42 Å². The highest BCUT2D eigenvalue weighted by atomic mass is 16.4. The standard InChI is InChI=1S/C14H26N4O6/c1-6(2)10(16)13(22)17-8(4-5-9(15)20)12(21)18-11(7(3)19)14(23)24/h6-8,10-11,19H,4-5,16H2,1-3H3,(H2,15,20)(H,17,22)(H,18,21)(H,23,24)/t7-,8+,10+,11+/m1/s1. The Bertz CT molecular complexity index is 480. The average Bonchev–Trinajstić information content (AvgIpc) is 2.46. The van der Waals surface area contributed by atoms with Crippen molar-refractivity contribution in [3.63, 3.8) is 0 Å². The molecule has 0 bridgehead atoms. The second-order valence-corrected chi connectivity index (χ2v) is 5.90. The van der Waals surface area contributed by atoms with Crippen LogP contribution in [0.4, 0.5) is 0 Å². The predicted molar refractivity (Wildman–Crippen MR) is 84.4 cm³/mol. The number of carbonyl (C=O) groups excluding carboxylic acids is 3. The fourth-order valence-corrected chi connectivity index (χ4v) is 1.77. The SMILES string of the molecule is CC(C)[C@H](N)C(=O)N[C@@H](CCC(N)=O)C(=O)N[C@H](C(=O)O)[C@@H](C)O. The van der Waals surface area contributed by atoms with E-state index in [2.05, 4.69) is 10.6 Å². The second-order valence-electron chi connectivity index (χ2n) is 5.90. The van der Waals surface area contributed by atoms with Gasteiger partial charge in [0.2, 0.25) is 17.7 Å². The summed E-state index contributed by atoms with van der Waals surface area (Å²) in [5.41, 5.74) is 10.7. The van der Waals surface area contributed by atoms with E-state index in [0.717, 1.165) is 0 Å². The van der Waals surface area contributed by atoms with Crippen molar-refractivity contribution in [2.24, 2.45) is 17.4 Å². The third-order valence-corrected chi connectivity index (χ3v) is 3.38. The Morgan fingerprint density at radius 3 is 1.96 bits per heavy atom. The molecule has 3 amide bonds. The maximum atomic E-state index is 12.2. The van der Waals surface area contributed by atoms with Gasteiger partial charge in [-0.1, -0.05) is 13.8 Å². The van der Waals surface area contributed by atoms with Crippen LogP contribution in [0.2, 0.25) is 0 Å². The molecule has 10 heteroatoms. The van der Waals surface area contributed by atoms with Crippen LogP contribution in [0.15, 0.2) is 0 Å². The van der Waals surface area contributed by atoms with Crippen molar-refractivity contribution in [1.29, 1.82) is 0 Å². The fraction of sp³-hybridized carbons (Fsp3) is 0.714. The highest BCUT2D eigenvalue weighted by Crippen LogP contribution is 2.04. The minimum Gasteiger partial charge on any atom is -0.480 e. The van der Waals surface area contributed by atoms with Gasteiger partial charge in [-0.2, -0.15) is 0 Å². The summed E-state index contributed by atoms with van der Waals surface area (Å²) >= 11 is 0. The van der Waals surface area contributed by atoms with Gasteiger partial charge < -0.3 is 32.3 Å². The van der Waals surface area contributed by atoms with Crippen LogP contribution in [0.1, 0.15) is 33.6 Å². The third kappa shape index (κ3) is 7.38. The Morgan fingerprint density at radius 1 is 1.04 bits per heavy atom. The van der Waals surface area contributed by atoms with Crippen molar-refractivity contribution < 1.29 is 29.4 Å². The predicted octanol–water partition coefficient (Wildman–Crippen LogP) is -2.33. The first kappa shape index (κ1) is 21.8. The number of carboxylic acid groups (broad SMARTS) is 1. The summed E-state index contributed by atoms with van der Waals surface area (Å²) in [5, 5.41) is 22.9. The van der Waals surface area contributed by atoms with Gasteiger partial charge in [0.25, 0.3) is 0 Å². The molecule has 24 heavy (non-hydrogen) atoms. The van der Waals surface area contributed by atoms with Crippen molar-refractivity contribution in [3.05, 3.63) is 0 Å². The summed E-state index contributed by atoms with van der Waals surface area (Å²) in [7, 11) is 0. The number of amides is 3. The van der Waals surface area contributed by atoms with Crippen LogP contribution in [-0.4, -0.2) is 58.1 Å². The molecule has 0 aromatic carbocycles. The number of aliphatic carboxylic acids is 1. The molecule has 138 valence electrons. The number of hydrogen-bond donors (Lipinski definition) is 6. The highest BCUT2D eigenvalue weighted by molar-refractivity contribution is 5.92. The minimum absolute atomic E-state index is 0.121. The molecule has 8 N–H and O–H groups in total. The fourth-order valence-electron chi connectivity index (χ4n) is 1.77. The van der Waals surface area contributed by atoms with Crippen LogP contribution in [0.5, 0.6) is 0 Å². The van der Waals surface area contributed by atoms with Gasteiger partial charge in [0.1, 0.15) is 6.04 Å². The van der Waals surface area contributed by atoms with Crippen molar-refractivity contribution in [2.45, 2.75) is 57.8 Å². The summed E-state index contributed by atoms with van der Waals surface area (Å²) in [4.78, 5) is 46.1. The van der Waals surface area contributed by atoms with Crippen molar-refractivity contribution in [3.8, 4) is 0 Å². The highest BCUT2D eigenvalue weighted by Gasteiger charge is 2.30. The van der Waals surface area contributed by atoms with Crippen molar-refractivity contribution in [1.82, 2.24) is 10.6 Å². The molecule has 0 fully saturated rings. The summed E-state index contributed by atoms with van der Waals surface area (Å²) in [6, 6.07) is -3.62. The zero-order valence-corrected chi connectivity index (χ0v) is 14.0. The number of carbonyl (C=O) groups is 4. The van der Waals surface area contributed by atoms with Crippen molar-refractivity contribution in [2.75, 3.05) is 0 Å². The lowest BCUT2D eigenvalue weighted by atomic mass is 10.0. The van der Waals surface area contributed by atoms with Gasteiger partial charge in [-0.15, -0.1) is 0 Å². The molecule has 0 aromatic rings. The van der Waals surface area contributed by atoms with E-state index in [9.17, 15) is 24.3 Å². The van der Waals surface area contributed by atoms with Gasteiger partial charge >= 0.3 is 5.97 Å². The summed E-state index contributed by atoms with van der Waals surface area (Å²) in [6.07, 6.45) is -1.66. The van der Waals surface area contributed by atoms with Crippen LogP contribution in [0.25, 0.3) is 0 Å². The third-order valence-electron chi connectivity index (χ3n) is 3.38. The number of rotatable bonds is 10. The molecule has 0 radical (unpaired) electrons. The normalized spacial score (nSPS) is 15.9. The number of primary amides is 1. The average molecular weight is 346 g/mol. The molecule has 10 nitrogen and oxygen atoms in total. The quantitative estimate of drug-likeness (QED) is 0.256. The van der Waals surface area contributed by atoms with Gasteiger partial charge in [-0.25, -0.2) is 4.79 Å². The van der Waals surface area contributed by atoms with E-state index in [0.29, 0.717) is 0 Å². The molecule has 0 unspecified atom stereocenters. The van der Waals surface area contributed by atoms with E-state index in [1.807, 2.05) is 0 Å². The maximum absolute atomic E-state index is 12.2. The first-order chi connectivity index (χ1) is 11.0. The molecule has 0 saturated heterocycles. The molecule has 0 aromatic heterocycles. The van der Waals surface area contributed by atoms with Gasteiger partial charge in [0.15, 0.2) is 6.04 Å². The lowest BCUT2D eigenvalue weighted by molar-refractivity contribution is -0.145. The number of nitrogens with two attached hydrogens (primary N) is 2. The van der Waals surface area contributed by atoms with E-state index < -0.39 is 47.9 Å². The number of hydrogen-bond acceptors (Lipinski definition) is 6. The van der Waals surface area contributed by atoms with Crippen molar-refractivity contribution >= 4 is 23.7 Å². The molecule has 0 aliphatic carbocycles. The lowest BCUT2D eigenvalue weighted by Crippen LogP contribution is -2.57. The van der Waals surface area contributed by atoms with Crippen LogP contribution < -0.4 is 22.1 Å². The van der Waals surface area contributed by atoms with Gasteiger partial charge in [-0.3, -0.25) is 14.4 Å². The number of carboxylic acids is 1. The van der Waals surface area contributed by atoms with Crippen LogP contribution in [0, 0.1) is 5.92 Å². The second kappa shape index (κ2) is 9.83. The van der Waals surface area contributed by atoms with E-state index in [4.69, 9.17) is 16.6 Å². The zero-order chi connectivity index (χ0) is 19.0. The molecule has 0 aliphatic rings. The summed E-state index contributed by atoms with van der Waals surface area (Å²) in [5.74, 6) is -3.76. The first-order valence-corrected chi connectivity index (χ1v) is 7.52. The van der Waals surface area contributed by atoms with E-state index >= 15 is 0 Å². The molecule has 0 spiro atoms. The molecule has 0 heterocycles. The smallest absolute Gasteiger partial charge is 0.328 e. The molecular formula is C14H26N4O6. The topological polar surface area (TPSA) is 185 Å². The van der Waals surface area contributed by atoms with Crippen LogP contribution in [-0.2, 0) is 19.2 Å². The summed E-state index contributed by atoms with van der Waals surface area (Å²) < 4.78 is 0. The summed E-state index contributed by atoms with van der Waals surface area (Å²) in [6.45, 7) is 4.64. The molecule has 0 rings (SSSR count). The maximum Gasteiger partial charge on any atom is 0.328 e. The monoisotopic (exact) mass is 346 g/mol. The van der Waals surface area contributed by atoms with E-state index in [1.165, 1.54) is 6.92 Å². The Kier molecular flexibility index (Phi) is 8.93. The molecule has 0 aliphatic heterocycles. The van der Waals surface area contributed by atoms with E-state index in [1.54, 1.807) is 13.8 Å². The molecular weight excluding hydrogens is 320 g/mol. The Balaban J connectivity index is 5.10. The Morgan fingerprint density at radius 2 is 1.58 bits per heavy atom.